The summed E-state index contributed by atoms with van der Waals surface area (Å²) >= 11 is 0. The lowest BCUT2D eigenvalue weighted by molar-refractivity contribution is -0.0439. The van der Waals surface area contributed by atoms with Gasteiger partial charge < -0.3 is 38.2 Å². The van der Waals surface area contributed by atoms with Gasteiger partial charge in [0.15, 0.2) is 0 Å². The highest BCUT2D eigenvalue weighted by atomic mass is 32.2. The second kappa shape index (κ2) is 15.7. The predicted molar refractivity (Wildman–Crippen MR) is 177 cm³/mol. The average Bonchev–Trinajstić information content (AvgIpc) is 3.38. The molecule has 1 aromatic heterocycles. The van der Waals surface area contributed by atoms with E-state index in [0.717, 1.165) is 10.6 Å². The Kier molecular flexibility index (Phi) is 11.4. The average molecular weight is 701 g/mol. The molecule has 0 saturated heterocycles. The number of carbonyl (C=O) groups is 2. The molecule has 13 nitrogen and oxygen atoms in total. The van der Waals surface area contributed by atoms with Gasteiger partial charge in [-0.15, -0.1) is 0 Å². The fourth-order valence-corrected chi connectivity index (χ4v) is 6.24. The molecule has 3 aromatic carbocycles. The molecular formula is C34H37FN2O11S. The van der Waals surface area contributed by atoms with Crippen molar-refractivity contribution in [2.24, 2.45) is 0 Å². The Hall–Kier alpha value is -4.70. The zero-order chi connectivity index (χ0) is 35.1. The minimum absolute atomic E-state index is 0.0337. The van der Waals surface area contributed by atoms with Crippen LogP contribution in [0.3, 0.4) is 0 Å². The molecule has 15 heteroatoms. The van der Waals surface area contributed by atoms with Crippen LogP contribution in [-0.4, -0.2) is 86.6 Å². The summed E-state index contributed by atoms with van der Waals surface area (Å²) in [5.41, 5.74) is 1.85. The van der Waals surface area contributed by atoms with Crippen molar-refractivity contribution in [2.75, 3.05) is 64.3 Å². The normalized spacial score (nSPS) is 16.1. The molecule has 262 valence electrons. The van der Waals surface area contributed by atoms with Gasteiger partial charge in [-0.25, -0.2) is 17.6 Å². The molecular weight excluding hydrogens is 663 g/mol. The molecule has 1 N–H and O–H groups in total. The fourth-order valence-electron chi connectivity index (χ4n) is 5.28. The van der Waals surface area contributed by atoms with Crippen LogP contribution in [0.4, 0.5) is 14.9 Å². The molecule has 0 radical (unpaired) electrons. The van der Waals surface area contributed by atoms with Gasteiger partial charge in [0, 0.05) is 36.7 Å². The summed E-state index contributed by atoms with van der Waals surface area (Å²) in [6.07, 6.45) is -1.41. The van der Waals surface area contributed by atoms with Gasteiger partial charge in [0.1, 0.15) is 48.0 Å². The maximum absolute atomic E-state index is 13.3. The number of ether oxygens (including phenoxy) is 6. The monoisotopic (exact) mass is 700 g/mol. The maximum Gasteiger partial charge on any atom is 0.508 e. The van der Waals surface area contributed by atoms with E-state index >= 15 is 0 Å². The third-order valence-corrected chi connectivity index (χ3v) is 8.74. The SMILES string of the molecule is CNC(=O)c1c(-c2ccc(Oc3ccc(F)cc3)cc2)oc2cc3c(cc12)[C@H](C)O[C@H](COC(=O)OCCOCCOC)CN3S(C)(=O)=O. The van der Waals surface area contributed by atoms with Crippen LogP contribution in [0, 0.1) is 5.82 Å². The number of nitrogens with one attached hydrogen (secondary N) is 1. The van der Waals surface area contributed by atoms with E-state index in [-0.39, 0.29) is 49.1 Å². The number of anilines is 1. The Bertz CT molecular complexity index is 1880. The first-order chi connectivity index (χ1) is 23.5. The van der Waals surface area contributed by atoms with E-state index in [1.807, 2.05) is 0 Å². The fraction of sp³-hybridized carbons (Fsp3) is 0.353. The van der Waals surface area contributed by atoms with E-state index < -0.39 is 34.3 Å². The van der Waals surface area contributed by atoms with Crippen molar-refractivity contribution in [3.63, 3.8) is 0 Å². The van der Waals surface area contributed by atoms with E-state index in [0.29, 0.717) is 46.9 Å². The molecule has 2 atom stereocenters. The van der Waals surface area contributed by atoms with Crippen LogP contribution >= 0.6 is 0 Å². The molecule has 49 heavy (non-hydrogen) atoms. The van der Waals surface area contributed by atoms with Gasteiger partial charge in [-0.1, -0.05) is 0 Å². The van der Waals surface area contributed by atoms with Crippen molar-refractivity contribution < 1.29 is 55.2 Å². The molecule has 0 aliphatic carbocycles. The van der Waals surface area contributed by atoms with Crippen LogP contribution in [0.15, 0.2) is 65.1 Å². The summed E-state index contributed by atoms with van der Waals surface area (Å²) in [4.78, 5) is 25.4. The highest BCUT2D eigenvalue weighted by Crippen LogP contribution is 2.42. The van der Waals surface area contributed by atoms with Gasteiger partial charge in [0.25, 0.3) is 5.91 Å². The predicted octanol–water partition coefficient (Wildman–Crippen LogP) is 5.43. The van der Waals surface area contributed by atoms with E-state index in [2.05, 4.69) is 5.32 Å². The van der Waals surface area contributed by atoms with Crippen molar-refractivity contribution in [3.05, 3.63) is 77.6 Å². The Labute approximate surface area is 282 Å². The first-order valence-electron chi connectivity index (χ1n) is 15.3. The molecule has 1 amide bonds. The highest BCUT2D eigenvalue weighted by molar-refractivity contribution is 7.92. The number of benzene rings is 3. The zero-order valence-corrected chi connectivity index (χ0v) is 28.2. The summed E-state index contributed by atoms with van der Waals surface area (Å²) in [5.74, 6) is 0.390. The van der Waals surface area contributed by atoms with E-state index in [1.165, 1.54) is 31.3 Å². The van der Waals surface area contributed by atoms with Gasteiger partial charge in [-0.3, -0.25) is 9.10 Å². The number of hydrogen-bond donors (Lipinski definition) is 1. The molecule has 1 aliphatic rings. The Morgan fingerprint density at radius 2 is 1.65 bits per heavy atom. The van der Waals surface area contributed by atoms with E-state index in [9.17, 15) is 22.4 Å². The van der Waals surface area contributed by atoms with Crippen LogP contribution in [0.2, 0.25) is 0 Å². The van der Waals surface area contributed by atoms with E-state index in [1.54, 1.807) is 50.4 Å². The first kappa shape index (κ1) is 35.6. The topological polar surface area (TPSA) is 152 Å². The third-order valence-electron chi connectivity index (χ3n) is 7.60. The standard InChI is InChI=1S/C34H37FN2O11S/c1-21-27-17-28-30(18-29(27)37(49(4,40)41)19-26(46-21)20-45-34(39)44-16-15-43-14-13-42-3)48-32(31(28)33(38)36-2)22-5-9-24(10-6-22)47-25-11-7-23(35)8-12-25/h5-12,17-18,21,26H,13-16,19-20H2,1-4H3,(H,36,38)/t21-,26-/m0/s1. The smallest absolute Gasteiger partial charge is 0.457 e. The van der Waals surface area contributed by atoms with Gasteiger partial charge >= 0.3 is 6.16 Å². The Morgan fingerprint density at radius 1 is 0.980 bits per heavy atom. The van der Waals surface area contributed by atoms with Crippen LogP contribution in [0.5, 0.6) is 11.5 Å². The molecule has 0 bridgehead atoms. The van der Waals surface area contributed by atoms with Gasteiger partial charge in [0.2, 0.25) is 10.0 Å². The molecule has 4 aromatic rings. The zero-order valence-electron chi connectivity index (χ0n) is 27.4. The number of halogens is 1. The lowest BCUT2D eigenvalue weighted by Crippen LogP contribution is -2.39. The summed E-state index contributed by atoms with van der Waals surface area (Å²) in [6.45, 7) is 2.17. The first-order valence-corrected chi connectivity index (χ1v) is 17.2. The van der Waals surface area contributed by atoms with Crippen molar-refractivity contribution in [1.29, 1.82) is 0 Å². The maximum atomic E-state index is 13.3. The number of methoxy groups -OCH3 is 1. The van der Waals surface area contributed by atoms with Crippen molar-refractivity contribution in [2.45, 2.75) is 19.1 Å². The molecule has 5 rings (SSSR count). The third kappa shape index (κ3) is 8.67. The minimum atomic E-state index is -3.86. The summed E-state index contributed by atoms with van der Waals surface area (Å²) < 4.78 is 79.2. The van der Waals surface area contributed by atoms with Crippen LogP contribution in [0.25, 0.3) is 22.3 Å². The quantitative estimate of drug-likeness (QED) is 0.140. The highest BCUT2D eigenvalue weighted by Gasteiger charge is 2.34. The van der Waals surface area contributed by atoms with Gasteiger partial charge in [-0.2, -0.15) is 0 Å². The number of amides is 1. The molecule has 2 heterocycles. The van der Waals surface area contributed by atoms with Crippen LogP contribution in [-0.2, 0) is 33.7 Å². The molecule has 0 unspecified atom stereocenters. The summed E-state index contributed by atoms with van der Waals surface area (Å²) in [7, 11) is -0.821. The van der Waals surface area contributed by atoms with Crippen molar-refractivity contribution in [1.82, 2.24) is 5.32 Å². The lowest BCUT2D eigenvalue weighted by atomic mass is 10.0. The van der Waals surface area contributed by atoms with E-state index in [4.69, 9.17) is 32.8 Å². The van der Waals surface area contributed by atoms with Crippen LogP contribution < -0.4 is 14.4 Å². The molecule has 0 saturated carbocycles. The molecule has 0 spiro atoms. The number of furan rings is 1. The second-order valence-electron chi connectivity index (χ2n) is 11.1. The number of sulfonamides is 1. The molecule has 1 aliphatic heterocycles. The number of carbonyl (C=O) groups excluding carboxylic acids is 2. The van der Waals surface area contributed by atoms with Gasteiger partial charge in [-0.05, 0) is 61.5 Å². The Morgan fingerprint density at radius 3 is 2.31 bits per heavy atom. The summed E-state index contributed by atoms with van der Waals surface area (Å²) in [5, 5.41) is 3.09. The van der Waals surface area contributed by atoms with Crippen LogP contribution in [0.1, 0.15) is 28.9 Å². The van der Waals surface area contributed by atoms with Gasteiger partial charge in [0.05, 0.1) is 50.0 Å². The Balaban J connectivity index is 1.40. The largest absolute Gasteiger partial charge is 0.508 e. The number of rotatable bonds is 13. The number of fused-ring (bicyclic) bond motifs is 2. The van der Waals surface area contributed by atoms with Crippen molar-refractivity contribution >= 4 is 38.7 Å². The number of hydrogen-bond acceptors (Lipinski definition) is 11. The minimum Gasteiger partial charge on any atom is -0.457 e. The summed E-state index contributed by atoms with van der Waals surface area (Å²) in [6, 6.07) is 15.6. The second-order valence-corrected chi connectivity index (χ2v) is 13.0. The molecule has 0 fully saturated rings. The lowest BCUT2D eigenvalue weighted by Gasteiger charge is -2.24. The number of nitrogens with zero attached hydrogens (tertiary/aromatic N) is 1. The van der Waals surface area contributed by atoms with Crippen molar-refractivity contribution in [3.8, 4) is 22.8 Å².